The molecule has 4 aromatic carbocycles. The van der Waals surface area contributed by atoms with E-state index < -0.39 is 17.1 Å². The summed E-state index contributed by atoms with van der Waals surface area (Å²) in [5.41, 5.74) is 2.28. The summed E-state index contributed by atoms with van der Waals surface area (Å²) in [4.78, 5) is 39.3. The second kappa shape index (κ2) is 12.4. The van der Waals surface area contributed by atoms with Crippen molar-refractivity contribution < 1.29 is 23.9 Å². The summed E-state index contributed by atoms with van der Waals surface area (Å²) < 4.78 is 12.7. The number of thioether (sulfide) groups is 1. The van der Waals surface area contributed by atoms with E-state index in [4.69, 9.17) is 9.47 Å². The van der Waals surface area contributed by atoms with Crippen LogP contribution in [0.4, 0.5) is 10.5 Å². The molecule has 40 heavy (non-hydrogen) atoms. The van der Waals surface area contributed by atoms with Gasteiger partial charge in [0, 0.05) is 4.47 Å². The van der Waals surface area contributed by atoms with Crippen LogP contribution >= 0.6 is 27.7 Å². The van der Waals surface area contributed by atoms with E-state index in [2.05, 4.69) is 39.4 Å². The molecule has 1 aliphatic heterocycles. The van der Waals surface area contributed by atoms with Gasteiger partial charge in [-0.1, -0.05) is 60.7 Å². The maximum atomic E-state index is 13.0. The summed E-state index contributed by atoms with van der Waals surface area (Å²) in [5, 5.41) is 4.48. The molecule has 4 aromatic rings. The SMILES string of the molecule is CCOc1cc(/C=C2/SC(=O)N(CC(=O)Nc3ccccc3Br)C2=O)ccc1OCc1cccc2ccccc12. The summed E-state index contributed by atoms with van der Waals surface area (Å²) in [6, 6.07) is 26.7. The quantitative estimate of drug-likeness (QED) is 0.199. The number of carbonyl (C=O) groups is 3. The Balaban J connectivity index is 1.29. The van der Waals surface area contributed by atoms with Gasteiger partial charge in [-0.25, -0.2) is 0 Å². The first-order chi connectivity index (χ1) is 19.4. The third-order valence-corrected chi connectivity index (χ3v) is 7.75. The molecule has 7 nitrogen and oxygen atoms in total. The van der Waals surface area contributed by atoms with Crippen molar-refractivity contribution in [3.05, 3.63) is 105 Å². The number of anilines is 1. The molecule has 0 aliphatic carbocycles. The molecule has 5 rings (SSSR count). The number of benzene rings is 4. The minimum atomic E-state index is -0.522. The second-order valence-electron chi connectivity index (χ2n) is 8.86. The molecule has 1 saturated heterocycles. The molecule has 202 valence electrons. The zero-order valence-electron chi connectivity index (χ0n) is 21.6. The Hall–Kier alpha value is -4.08. The van der Waals surface area contributed by atoms with Gasteiger partial charge in [0.15, 0.2) is 11.5 Å². The lowest BCUT2D eigenvalue weighted by Gasteiger charge is -2.14. The number of nitrogens with zero attached hydrogens (tertiary/aromatic N) is 1. The van der Waals surface area contributed by atoms with E-state index in [1.54, 1.807) is 42.5 Å². The number of halogens is 1. The average Bonchev–Trinajstić information content (AvgIpc) is 3.21. The topological polar surface area (TPSA) is 84.9 Å². The maximum absolute atomic E-state index is 13.0. The number of fused-ring (bicyclic) bond motifs is 1. The van der Waals surface area contributed by atoms with Gasteiger partial charge in [-0.15, -0.1) is 0 Å². The number of hydrogen-bond donors (Lipinski definition) is 1. The van der Waals surface area contributed by atoms with E-state index in [1.165, 1.54) is 0 Å². The Labute approximate surface area is 244 Å². The summed E-state index contributed by atoms with van der Waals surface area (Å²) in [7, 11) is 0. The number of amides is 3. The van der Waals surface area contributed by atoms with Crippen molar-refractivity contribution in [2.75, 3.05) is 18.5 Å². The van der Waals surface area contributed by atoms with Crippen molar-refractivity contribution in [3.8, 4) is 11.5 Å². The molecule has 0 atom stereocenters. The Bertz CT molecular complexity index is 1630. The van der Waals surface area contributed by atoms with Crippen LogP contribution in [0, 0.1) is 0 Å². The smallest absolute Gasteiger partial charge is 0.294 e. The monoisotopic (exact) mass is 616 g/mol. The number of para-hydroxylation sites is 1. The lowest BCUT2D eigenvalue weighted by atomic mass is 10.1. The first-order valence-corrected chi connectivity index (χ1v) is 14.2. The predicted molar refractivity (Wildman–Crippen MR) is 161 cm³/mol. The van der Waals surface area contributed by atoms with Crippen LogP contribution in [0.3, 0.4) is 0 Å². The second-order valence-corrected chi connectivity index (χ2v) is 10.7. The fourth-order valence-corrected chi connectivity index (χ4v) is 5.48. The Morgan fingerprint density at radius 2 is 1.73 bits per heavy atom. The van der Waals surface area contributed by atoms with Crippen LogP contribution in [0.25, 0.3) is 16.8 Å². The molecule has 0 bridgehead atoms. The third kappa shape index (κ3) is 6.21. The van der Waals surface area contributed by atoms with Crippen LogP contribution in [-0.2, 0) is 16.2 Å². The van der Waals surface area contributed by atoms with Crippen LogP contribution in [0.15, 0.2) is 94.3 Å². The van der Waals surface area contributed by atoms with Gasteiger partial charge in [0.2, 0.25) is 5.91 Å². The zero-order valence-corrected chi connectivity index (χ0v) is 24.0. The lowest BCUT2D eigenvalue weighted by Crippen LogP contribution is -2.36. The minimum absolute atomic E-state index is 0.227. The molecule has 1 N–H and O–H groups in total. The molecule has 9 heteroatoms. The molecule has 0 radical (unpaired) electrons. The van der Waals surface area contributed by atoms with Gasteiger partial charge in [0.1, 0.15) is 13.2 Å². The van der Waals surface area contributed by atoms with Crippen LogP contribution in [0.5, 0.6) is 11.5 Å². The van der Waals surface area contributed by atoms with Gasteiger partial charge in [-0.05, 0) is 86.9 Å². The number of carbonyl (C=O) groups excluding carboxylic acids is 3. The first kappa shape index (κ1) is 27.5. The van der Waals surface area contributed by atoms with E-state index in [9.17, 15) is 14.4 Å². The summed E-state index contributed by atoms with van der Waals surface area (Å²) >= 11 is 4.16. The molecule has 0 aromatic heterocycles. The van der Waals surface area contributed by atoms with Gasteiger partial charge in [-0.3, -0.25) is 19.3 Å². The van der Waals surface area contributed by atoms with Gasteiger partial charge in [0.25, 0.3) is 11.1 Å². The summed E-state index contributed by atoms with van der Waals surface area (Å²) in [6.07, 6.45) is 1.62. The molecular formula is C31H25BrN2O5S. The molecule has 0 saturated carbocycles. The minimum Gasteiger partial charge on any atom is -0.490 e. The molecule has 1 heterocycles. The van der Waals surface area contributed by atoms with Crippen molar-refractivity contribution in [2.24, 2.45) is 0 Å². The highest BCUT2D eigenvalue weighted by Gasteiger charge is 2.36. The number of nitrogens with one attached hydrogen (secondary N) is 1. The molecule has 0 spiro atoms. The van der Waals surface area contributed by atoms with Crippen molar-refractivity contribution >= 4 is 67.3 Å². The molecule has 1 fully saturated rings. The van der Waals surface area contributed by atoms with Crippen molar-refractivity contribution in [2.45, 2.75) is 13.5 Å². The Morgan fingerprint density at radius 1 is 0.950 bits per heavy atom. The number of imide groups is 1. The third-order valence-electron chi connectivity index (χ3n) is 6.15. The predicted octanol–water partition coefficient (Wildman–Crippen LogP) is 7.26. The average molecular weight is 618 g/mol. The molecule has 1 aliphatic rings. The van der Waals surface area contributed by atoms with Crippen molar-refractivity contribution in [1.82, 2.24) is 4.90 Å². The number of ether oxygens (including phenoxy) is 2. The highest BCUT2D eigenvalue weighted by atomic mass is 79.9. The van der Waals surface area contributed by atoms with E-state index in [-0.39, 0.29) is 11.4 Å². The summed E-state index contributed by atoms with van der Waals surface area (Å²) in [5.74, 6) is 0.112. The van der Waals surface area contributed by atoms with Gasteiger partial charge in [0.05, 0.1) is 17.2 Å². The van der Waals surface area contributed by atoms with E-state index in [0.717, 1.165) is 33.0 Å². The zero-order chi connectivity index (χ0) is 28.1. The number of rotatable bonds is 9. The summed E-state index contributed by atoms with van der Waals surface area (Å²) in [6.45, 7) is 2.29. The van der Waals surface area contributed by atoms with Crippen molar-refractivity contribution in [1.29, 1.82) is 0 Å². The number of hydrogen-bond acceptors (Lipinski definition) is 6. The highest BCUT2D eigenvalue weighted by molar-refractivity contribution is 9.10. The molecule has 0 unspecified atom stereocenters. The maximum Gasteiger partial charge on any atom is 0.294 e. The Kier molecular flexibility index (Phi) is 8.52. The largest absolute Gasteiger partial charge is 0.490 e. The van der Waals surface area contributed by atoms with Crippen LogP contribution < -0.4 is 14.8 Å². The van der Waals surface area contributed by atoms with Crippen LogP contribution in [0.1, 0.15) is 18.1 Å². The van der Waals surface area contributed by atoms with E-state index >= 15 is 0 Å². The standard InChI is InChI=1S/C31H25BrN2O5S/c1-2-38-27-16-20(14-15-26(27)39-19-22-10-7-9-21-8-3-4-11-23(21)22)17-28-30(36)34(31(37)40-28)18-29(35)33-25-13-6-5-12-24(25)32/h3-17H,2,18-19H2,1H3,(H,33,35)/b28-17+. The normalized spacial score (nSPS) is 14.2. The fraction of sp³-hybridized carbons (Fsp3) is 0.129. The van der Waals surface area contributed by atoms with E-state index in [0.29, 0.717) is 40.4 Å². The fourth-order valence-electron chi connectivity index (χ4n) is 4.26. The highest BCUT2D eigenvalue weighted by Crippen LogP contribution is 2.35. The van der Waals surface area contributed by atoms with Crippen molar-refractivity contribution in [3.63, 3.8) is 0 Å². The lowest BCUT2D eigenvalue weighted by molar-refractivity contribution is -0.127. The van der Waals surface area contributed by atoms with Gasteiger partial charge >= 0.3 is 0 Å². The molecule has 3 amide bonds. The Morgan fingerprint density at radius 3 is 2.55 bits per heavy atom. The van der Waals surface area contributed by atoms with Crippen LogP contribution in [-0.4, -0.2) is 35.1 Å². The van der Waals surface area contributed by atoms with Gasteiger partial charge < -0.3 is 14.8 Å². The first-order valence-electron chi connectivity index (χ1n) is 12.6. The van der Waals surface area contributed by atoms with Gasteiger partial charge in [-0.2, -0.15) is 0 Å². The molecular weight excluding hydrogens is 592 g/mol. The van der Waals surface area contributed by atoms with E-state index in [1.807, 2.05) is 37.3 Å². The van der Waals surface area contributed by atoms with Crippen LogP contribution in [0.2, 0.25) is 0 Å².